The van der Waals surface area contributed by atoms with Gasteiger partial charge in [-0.15, -0.1) is 0 Å². The molecular formula is C21H23NO6. The Morgan fingerprint density at radius 3 is 2.61 bits per heavy atom. The number of hydrogen-bond acceptors (Lipinski definition) is 5. The van der Waals surface area contributed by atoms with Gasteiger partial charge in [-0.05, 0) is 22.8 Å². The summed E-state index contributed by atoms with van der Waals surface area (Å²) in [6.07, 6.45) is -0.783. The first-order chi connectivity index (χ1) is 13.4. The third-order valence-corrected chi connectivity index (χ3v) is 5.19. The molecule has 1 amide bonds. The Morgan fingerprint density at radius 2 is 1.89 bits per heavy atom. The van der Waals surface area contributed by atoms with Crippen LogP contribution in [0.15, 0.2) is 42.5 Å². The first kappa shape index (κ1) is 19.8. The van der Waals surface area contributed by atoms with Crippen molar-refractivity contribution in [1.29, 1.82) is 0 Å². The summed E-state index contributed by atoms with van der Waals surface area (Å²) in [5.41, 5.74) is 0.851. The van der Waals surface area contributed by atoms with Gasteiger partial charge in [0.1, 0.15) is 6.04 Å². The highest BCUT2D eigenvalue weighted by molar-refractivity contribution is 5.89. The lowest BCUT2D eigenvalue weighted by Gasteiger charge is -2.24. The zero-order chi connectivity index (χ0) is 20.3. The molecule has 1 aliphatic rings. The molecule has 28 heavy (non-hydrogen) atoms. The number of aliphatic carboxylic acids is 1. The third kappa shape index (κ3) is 4.14. The summed E-state index contributed by atoms with van der Waals surface area (Å²) in [4.78, 5) is 37.7. The van der Waals surface area contributed by atoms with E-state index in [9.17, 15) is 24.6 Å². The SMILES string of the molecule is COC(=O)[C@@H]1CC(O)CN1C(=O)CC(Cc1cccc2ccccc12)C(=O)O. The van der Waals surface area contributed by atoms with Crippen molar-refractivity contribution in [2.24, 2.45) is 5.92 Å². The number of β-amino-alcohol motifs (C(OH)–C–C–N with tert-alkyl or cyclic N) is 1. The lowest BCUT2D eigenvalue weighted by molar-refractivity contribution is -0.152. The van der Waals surface area contributed by atoms with E-state index in [4.69, 9.17) is 4.74 Å². The minimum atomic E-state index is -1.07. The minimum absolute atomic E-state index is 0.000787. The quantitative estimate of drug-likeness (QED) is 0.732. The molecule has 0 saturated carbocycles. The number of amides is 1. The van der Waals surface area contributed by atoms with Gasteiger partial charge in [-0.25, -0.2) is 4.79 Å². The Balaban J connectivity index is 1.78. The molecule has 3 atom stereocenters. The van der Waals surface area contributed by atoms with Crippen LogP contribution in [0.1, 0.15) is 18.4 Å². The number of carboxylic acid groups (broad SMARTS) is 1. The van der Waals surface area contributed by atoms with Gasteiger partial charge in [-0.1, -0.05) is 42.5 Å². The molecule has 7 nitrogen and oxygen atoms in total. The molecule has 148 valence electrons. The summed E-state index contributed by atoms with van der Waals surface area (Å²) in [6.45, 7) is -0.000787. The second-order valence-corrected chi connectivity index (χ2v) is 7.06. The average molecular weight is 385 g/mol. The fraction of sp³-hybridized carbons (Fsp3) is 0.381. The molecule has 1 saturated heterocycles. The Hall–Kier alpha value is -2.93. The van der Waals surface area contributed by atoms with Crippen LogP contribution in [0.2, 0.25) is 0 Å². The van der Waals surface area contributed by atoms with Gasteiger partial charge in [0.25, 0.3) is 0 Å². The van der Waals surface area contributed by atoms with Crippen molar-refractivity contribution in [3.05, 3.63) is 48.0 Å². The van der Waals surface area contributed by atoms with Gasteiger partial charge in [0.2, 0.25) is 5.91 Å². The number of likely N-dealkylation sites (tertiary alicyclic amines) is 1. The summed E-state index contributed by atoms with van der Waals surface area (Å²) >= 11 is 0. The Morgan fingerprint density at radius 1 is 1.18 bits per heavy atom. The number of carbonyl (C=O) groups excluding carboxylic acids is 2. The monoisotopic (exact) mass is 385 g/mol. The molecule has 1 heterocycles. The van der Waals surface area contributed by atoms with Crippen molar-refractivity contribution in [2.75, 3.05) is 13.7 Å². The smallest absolute Gasteiger partial charge is 0.328 e. The summed E-state index contributed by atoms with van der Waals surface area (Å²) in [5.74, 6) is -3.09. The Labute approximate surface area is 162 Å². The second kappa shape index (κ2) is 8.39. The van der Waals surface area contributed by atoms with Crippen LogP contribution in [0.5, 0.6) is 0 Å². The maximum absolute atomic E-state index is 12.7. The first-order valence-electron chi connectivity index (χ1n) is 9.15. The number of rotatable bonds is 6. The molecule has 0 aromatic heterocycles. The number of ether oxygens (including phenoxy) is 1. The molecule has 1 fully saturated rings. The highest BCUT2D eigenvalue weighted by Crippen LogP contribution is 2.25. The number of benzene rings is 2. The number of nitrogens with zero attached hydrogens (tertiary/aromatic N) is 1. The predicted octanol–water partition coefficient (Wildman–Crippen LogP) is 1.61. The van der Waals surface area contributed by atoms with Crippen LogP contribution in [0.25, 0.3) is 10.8 Å². The number of carboxylic acids is 1. The number of carbonyl (C=O) groups is 3. The molecule has 2 aromatic rings. The Bertz CT molecular complexity index is 890. The van der Waals surface area contributed by atoms with E-state index >= 15 is 0 Å². The molecule has 1 aliphatic heterocycles. The number of hydrogen-bond donors (Lipinski definition) is 2. The maximum Gasteiger partial charge on any atom is 0.328 e. The summed E-state index contributed by atoms with van der Waals surface area (Å²) in [6, 6.07) is 12.5. The van der Waals surface area contributed by atoms with Crippen LogP contribution in [0.3, 0.4) is 0 Å². The van der Waals surface area contributed by atoms with Gasteiger partial charge in [-0.2, -0.15) is 0 Å². The molecule has 2 unspecified atom stereocenters. The van der Waals surface area contributed by atoms with E-state index in [1.807, 2.05) is 42.5 Å². The fourth-order valence-corrected chi connectivity index (χ4v) is 3.76. The lowest BCUT2D eigenvalue weighted by atomic mass is 9.92. The zero-order valence-electron chi connectivity index (χ0n) is 15.6. The van der Waals surface area contributed by atoms with Gasteiger partial charge < -0.3 is 19.8 Å². The predicted molar refractivity (Wildman–Crippen MR) is 102 cm³/mol. The van der Waals surface area contributed by atoms with E-state index in [0.29, 0.717) is 0 Å². The fourth-order valence-electron chi connectivity index (χ4n) is 3.76. The van der Waals surface area contributed by atoms with Crippen LogP contribution in [-0.4, -0.2) is 58.8 Å². The van der Waals surface area contributed by atoms with Crippen molar-refractivity contribution in [3.8, 4) is 0 Å². The van der Waals surface area contributed by atoms with Crippen LogP contribution in [0, 0.1) is 5.92 Å². The highest BCUT2D eigenvalue weighted by Gasteiger charge is 2.40. The largest absolute Gasteiger partial charge is 0.481 e. The number of methoxy groups -OCH3 is 1. The lowest BCUT2D eigenvalue weighted by Crippen LogP contribution is -2.42. The molecule has 7 heteroatoms. The topological polar surface area (TPSA) is 104 Å². The van der Waals surface area contributed by atoms with E-state index < -0.39 is 35.9 Å². The third-order valence-electron chi connectivity index (χ3n) is 5.19. The average Bonchev–Trinajstić information content (AvgIpc) is 3.08. The highest BCUT2D eigenvalue weighted by atomic mass is 16.5. The van der Waals surface area contributed by atoms with Crippen molar-refractivity contribution >= 4 is 28.6 Å². The van der Waals surface area contributed by atoms with Crippen molar-refractivity contribution < 1.29 is 29.3 Å². The molecule has 2 aromatic carbocycles. The summed E-state index contributed by atoms with van der Waals surface area (Å²) in [5, 5.41) is 21.5. The molecule has 2 N–H and O–H groups in total. The van der Waals surface area contributed by atoms with E-state index in [-0.39, 0.29) is 25.8 Å². The number of esters is 1. The molecule has 0 bridgehead atoms. The van der Waals surface area contributed by atoms with Crippen LogP contribution >= 0.6 is 0 Å². The summed E-state index contributed by atoms with van der Waals surface area (Å²) in [7, 11) is 1.22. The van der Waals surface area contributed by atoms with Gasteiger partial charge in [0.05, 0.1) is 19.1 Å². The number of fused-ring (bicyclic) bond motifs is 1. The molecular weight excluding hydrogens is 362 g/mol. The zero-order valence-corrected chi connectivity index (χ0v) is 15.6. The summed E-state index contributed by atoms with van der Waals surface area (Å²) < 4.78 is 4.70. The normalized spacial score (nSPS) is 20.1. The molecule has 0 spiro atoms. The van der Waals surface area contributed by atoms with Gasteiger partial charge >= 0.3 is 11.9 Å². The van der Waals surface area contributed by atoms with Gasteiger partial charge in [-0.3, -0.25) is 9.59 Å². The minimum Gasteiger partial charge on any atom is -0.481 e. The number of aliphatic hydroxyl groups is 1. The molecule has 0 radical (unpaired) electrons. The second-order valence-electron chi connectivity index (χ2n) is 7.06. The van der Waals surface area contributed by atoms with Gasteiger partial charge in [0, 0.05) is 19.4 Å². The van der Waals surface area contributed by atoms with Crippen LogP contribution in [0.4, 0.5) is 0 Å². The van der Waals surface area contributed by atoms with Crippen molar-refractivity contribution in [3.63, 3.8) is 0 Å². The standard InChI is InChI=1S/C21H23NO6/c1-28-21(27)18-11-16(23)12-22(18)19(24)10-15(20(25)26)9-14-7-4-6-13-5-2-3-8-17(13)14/h2-8,15-16,18,23H,9-12H2,1H3,(H,25,26)/t15?,16?,18-/m0/s1. The van der Waals surface area contributed by atoms with E-state index in [1.54, 1.807) is 0 Å². The van der Waals surface area contributed by atoms with Crippen LogP contribution < -0.4 is 0 Å². The van der Waals surface area contributed by atoms with Crippen LogP contribution in [-0.2, 0) is 25.5 Å². The maximum atomic E-state index is 12.7. The van der Waals surface area contributed by atoms with E-state index in [0.717, 1.165) is 16.3 Å². The van der Waals surface area contributed by atoms with Crippen molar-refractivity contribution in [1.82, 2.24) is 4.90 Å². The van der Waals surface area contributed by atoms with E-state index in [1.165, 1.54) is 12.0 Å². The van der Waals surface area contributed by atoms with Crippen molar-refractivity contribution in [2.45, 2.75) is 31.4 Å². The molecule has 0 aliphatic carbocycles. The molecule has 3 rings (SSSR count). The van der Waals surface area contributed by atoms with E-state index in [2.05, 4.69) is 0 Å². The number of aliphatic hydroxyl groups excluding tert-OH is 1. The van der Waals surface area contributed by atoms with Gasteiger partial charge in [0.15, 0.2) is 0 Å². The first-order valence-corrected chi connectivity index (χ1v) is 9.15. The Kier molecular flexibility index (Phi) is 5.94.